The average Bonchev–Trinajstić information content (AvgIpc) is 2.93. The van der Waals surface area contributed by atoms with Crippen molar-refractivity contribution in [2.75, 3.05) is 6.61 Å². The van der Waals surface area contributed by atoms with Crippen molar-refractivity contribution in [3.8, 4) is 17.4 Å². The van der Waals surface area contributed by atoms with Gasteiger partial charge in [-0.3, -0.25) is 9.59 Å². The van der Waals surface area contributed by atoms with Crippen molar-refractivity contribution in [1.82, 2.24) is 15.6 Å². The van der Waals surface area contributed by atoms with Gasteiger partial charge in [0.25, 0.3) is 5.91 Å². The molecule has 4 rings (SSSR count). The van der Waals surface area contributed by atoms with Crippen LogP contribution in [0.15, 0.2) is 103 Å². The molecule has 1 aromatic heterocycles. The molecule has 7 heteroatoms. The molecule has 1 unspecified atom stereocenters. The Kier molecular flexibility index (Phi) is 8.27. The molecule has 36 heavy (non-hydrogen) atoms. The van der Waals surface area contributed by atoms with Gasteiger partial charge in [-0.15, -0.1) is 0 Å². The molecule has 0 spiro atoms. The van der Waals surface area contributed by atoms with Gasteiger partial charge in [0.15, 0.2) is 0 Å². The topological polar surface area (TPSA) is 89.5 Å². The van der Waals surface area contributed by atoms with E-state index in [1.807, 2.05) is 55.5 Å². The van der Waals surface area contributed by atoms with Crippen LogP contribution < -0.4 is 20.1 Å². The van der Waals surface area contributed by atoms with E-state index in [1.54, 1.807) is 54.7 Å². The van der Waals surface area contributed by atoms with E-state index < -0.39 is 6.04 Å². The number of nitrogens with one attached hydrogen (secondary N) is 2. The standard InChI is InChI=1S/C29H27N3O4/c1-2-35-24-13-15-25(16-14-24)36-26-19-21(17-18-30-26)20-31-29(34)27(22-9-5-3-6-10-22)32-28(33)23-11-7-4-8-12-23/h3-19,27H,2,20H2,1H3,(H,31,34)(H,32,33). The number of benzene rings is 3. The van der Waals surface area contributed by atoms with Crippen LogP contribution in [0.4, 0.5) is 0 Å². The lowest BCUT2D eigenvalue weighted by Gasteiger charge is -2.19. The molecule has 3 aromatic carbocycles. The molecule has 4 aromatic rings. The van der Waals surface area contributed by atoms with Crippen molar-refractivity contribution < 1.29 is 19.1 Å². The Hall–Kier alpha value is -4.65. The number of amides is 2. The van der Waals surface area contributed by atoms with E-state index in [4.69, 9.17) is 9.47 Å². The van der Waals surface area contributed by atoms with Crippen molar-refractivity contribution in [2.24, 2.45) is 0 Å². The molecule has 2 amide bonds. The molecular formula is C29H27N3O4. The van der Waals surface area contributed by atoms with Gasteiger partial charge in [0.2, 0.25) is 11.8 Å². The fraction of sp³-hybridized carbons (Fsp3) is 0.138. The Bertz CT molecular complexity index is 1280. The molecule has 1 atom stereocenters. The summed E-state index contributed by atoms with van der Waals surface area (Å²) in [7, 11) is 0. The molecule has 0 radical (unpaired) electrons. The molecule has 0 bridgehead atoms. The fourth-order valence-electron chi connectivity index (χ4n) is 3.55. The first-order valence-corrected chi connectivity index (χ1v) is 11.7. The van der Waals surface area contributed by atoms with Gasteiger partial charge in [-0.2, -0.15) is 0 Å². The number of carbonyl (C=O) groups excluding carboxylic acids is 2. The van der Waals surface area contributed by atoms with E-state index in [1.165, 1.54) is 0 Å². The molecule has 0 aliphatic heterocycles. The van der Waals surface area contributed by atoms with E-state index in [0.717, 1.165) is 11.3 Å². The Balaban J connectivity index is 1.42. The zero-order valence-electron chi connectivity index (χ0n) is 19.9. The number of carbonyl (C=O) groups is 2. The predicted octanol–water partition coefficient (Wildman–Crippen LogP) is 5.06. The minimum atomic E-state index is -0.847. The normalized spacial score (nSPS) is 11.2. The summed E-state index contributed by atoms with van der Waals surface area (Å²) < 4.78 is 11.3. The van der Waals surface area contributed by atoms with E-state index in [9.17, 15) is 9.59 Å². The van der Waals surface area contributed by atoms with Crippen LogP contribution in [0.3, 0.4) is 0 Å². The van der Waals surface area contributed by atoms with Gasteiger partial charge in [-0.1, -0.05) is 48.5 Å². The van der Waals surface area contributed by atoms with Gasteiger partial charge >= 0.3 is 0 Å². The number of hydrogen-bond acceptors (Lipinski definition) is 5. The first-order valence-electron chi connectivity index (χ1n) is 11.7. The van der Waals surface area contributed by atoms with Gasteiger partial charge in [-0.25, -0.2) is 4.98 Å². The SMILES string of the molecule is CCOc1ccc(Oc2cc(CNC(=O)C(NC(=O)c3ccccc3)c3ccccc3)ccn2)cc1. The van der Waals surface area contributed by atoms with Gasteiger partial charge in [-0.05, 0) is 60.5 Å². The Morgan fingerprint density at radius 1 is 0.861 bits per heavy atom. The van der Waals surface area contributed by atoms with Crippen LogP contribution in [0.5, 0.6) is 17.4 Å². The Morgan fingerprint density at radius 2 is 1.53 bits per heavy atom. The third-order valence-corrected chi connectivity index (χ3v) is 5.33. The van der Waals surface area contributed by atoms with Gasteiger partial charge in [0.05, 0.1) is 6.61 Å². The summed E-state index contributed by atoms with van der Waals surface area (Å²) in [5.74, 6) is 1.15. The number of pyridine rings is 1. The second-order valence-corrected chi connectivity index (χ2v) is 7.91. The van der Waals surface area contributed by atoms with Crippen molar-refractivity contribution in [3.63, 3.8) is 0 Å². The monoisotopic (exact) mass is 481 g/mol. The maximum absolute atomic E-state index is 13.2. The first kappa shape index (κ1) is 24.5. The maximum Gasteiger partial charge on any atom is 0.252 e. The number of rotatable bonds is 10. The summed E-state index contributed by atoms with van der Waals surface area (Å²) >= 11 is 0. The maximum atomic E-state index is 13.2. The van der Waals surface area contributed by atoms with E-state index in [0.29, 0.717) is 29.4 Å². The summed E-state index contributed by atoms with van der Waals surface area (Å²) in [4.78, 5) is 30.2. The molecule has 182 valence electrons. The lowest BCUT2D eigenvalue weighted by atomic mass is 10.1. The molecule has 0 fully saturated rings. The predicted molar refractivity (Wildman–Crippen MR) is 137 cm³/mol. The third-order valence-electron chi connectivity index (χ3n) is 5.33. The fourth-order valence-corrected chi connectivity index (χ4v) is 3.55. The van der Waals surface area contributed by atoms with Crippen molar-refractivity contribution in [2.45, 2.75) is 19.5 Å². The minimum Gasteiger partial charge on any atom is -0.494 e. The largest absolute Gasteiger partial charge is 0.494 e. The smallest absolute Gasteiger partial charge is 0.252 e. The molecular weight excluding hydrogens is 454 g/mol. The molecule has 0 saturated heterocycles. The van der Waals surface area contributed by atoms with Crippen LogP contribution in [-0.2, 0) is 11.3 Å². The van der Waals surface area contributed by atoms with Crippen LogP contribution in [0.1, 0.15) is 34.5 Å². The van der Waals surface area contributed by atoms with Crippen molar-refractivity contribution in [1.29, 1.82) is 0 Å². The minimum absolute atomic E-state index is 0.242. The molecule has 7 nitrogen and oxygen atoms in total. The highest BCUT2D eigenvalue weighted by Crippen LogP contribution is 2.23. The van der Waals surface area contributed by atoms with Gasteiger partial charge in [0.1, 0.15) is 17.5 Å². The van der Waals surface area contributed by atoms with Gasteiger partial charge < -0.3 is 20.1 Å². The molecule has 2 N–H and O–H groups in total. The van der Waals surface area contributed by atoms with Crippen LogP contribution in [-0.4, -0.2) is 23.4 Å². The molecule has 0 aliphatic rings. The third kappa shape index (κ3) is 6.70. The second-order valence-electron chi connectivity index (χ2n) is 7.91. The lowest BCUT2D eigenvalue weighted by Crippen LogP contribution is -2.40. The molecule has 0 saturated carbocycles. The zero-order valence-corrected chi connectivity index (χ0v) is 19.9. The highest BCUT2D eigenvalue weighted by Gasteiger charge is 2.23. The first-order chi connectivity index (χ1) is 17.6. The zero-order chi connectivity index (χ0) is 25.2. The number of hydrogen-bond donors (Lipinski definition) is 2. The quantitative estimate of drug-likeness (QED) is 0.331. The van der Waals surface area contributed by atoms with Crippen LogP contribution >= 0.6 is 0 Å². The van der Waals surface area contributed by atoms with Crippen molar-refractivity contribution in [3.05, 3.63) is 120 Å². The second kappa shape index (κ2) is 12.2. The molecule has 0 aliphatic carbocycles. The Morgan fingerprint density at radius 3 is 2.22 bits per heavy atom. The van der Waals surface area contributed by atoms with Crippen LogP contribution in [0.2, 0.25) is 0 Å². The lowest BCUT2D eigenvalue weighted by molar-refractivity contribution is -0.123. The number of aromatic nitrogens is 1. The summed E-state index contributed by atoms with van der Waals surface area (Å²) in [6, 6.07) is 27.9. The van der Waals surface area contributed by atoms with Crippen LogP contribution in [0, 0.1) is 0 Å². The number of ether oxygens (including phenoxy) is 2. The van der Waals surface area contributed by atoms with E-state index in [2.05, 4.69) is 15.6 Å². The van der Waals surface area contributed by atoms with Gasteiger partial charge in [0, 0.05) is 24.4 Å². The van der Waals surface area contributed by atoms with E-state index in [-0.39, 0.29) is 18.4 Å². The highest BCUT2D eigenvalue weighted by atomic mass is 16.5. The average molecular weight is 482 g/mol. The summed E-state index contributed by atoms with van der Waals surface area (Å²) in [5, 5.41) is 5.76. The highest BCUT2D eigenvalue weighted by molar-refractivity contribution is 5.97. The Labute approximate surface area is 210 Å². The number of nitrogens with zero attached hydrogens (tertiary/aromatic N) is 1. The van der Waals surface area contributed by atoms with Crippen LogP contribution in [0.25, 0.3) is 0 Å². The summed E-state index contributed by atoms with van der Waals surface area (Å²) in [6.07, 6.45) is 1.62. The summed E-state index contributed by atoms with van der Waals surface area (Å²) in [6.45, 7) is 2.76. The summed E-state index contributed by atoms with van der Waals surface area (Å²) in [5.41, 5.74) is 1.98. The van der Waals surface area contributed by atoms with E-state index >= 15 is 0 Å². The molecule has 1 heterocycles. The van der Waals surface area contributed by atoms with Crippen molar-refractivity contribution >= 4 is 11.8 Å².